The zero-order valence-electron chi connectivity index (χ0n) is 12.3. The summed E-state index contributed by atoms with van der Waals surface area (Å²) in [5, 5.41) is 3.69. The monoisotopic (exact) mass is 334 g/mol. The molecule has 7 nitrogen and oxygen atoms in total. The second-order valence-corrected chi connectivity index (χ2v) is 6.81. The van der Waals surface area contributed by atoms with E-state index in [0.29, 0.717) is 11.1 Å². The van der Waals surface area contributed by atoms with Crippen LogP contribution in [0.15, 0.2) is 41.3 Å². The molecule has 1 amide bonds. The number of nitrogens with one attached hydrogen (secondary N) is 1. The third-order valence-corrected chi connectivity index (χ3v) is 5.40. The van der Waals surface area contributed by atoms with Gasteiger partial charge in [0.25, 0.3) is 15.9 Å². The minimum atomic E-state index is -3.81. The molecule has 0 aromatic heterocycles. The van der Waals surface area contributed by atoms with Crippen LogP contribution in [0.1, 0.15) is 0 Å². The SMILES string of the molecule is CNC(=O)COC(=O)CN1c2cccc3cccc(c23)S1(=O)=O. The number of esters is 1. The molecule has 0 saturated heterocycles. The Hall–Kier alpha value is -2.61. The van der Waals surface area contributed by atoms with E-state index in [1.54, 1.807) is 18.2 Å². The lowest BCUT2D eigenvalue weighted by atomic mass is 10.1. The van der Waals surface area contributed by atoms with Gasteiger partial charge < -0.3 is 10.1 Å². The number of anilines is 1. The van der Waals surface area contributed by atoms with E-state index in [1.807, 2.05) is 12.1 Å². The summed E-state index contributed by atoms with van der Waals surface area (Å²) in [6.07, 6.45) is 0. The summed E-state index contributed by atoms with van der Waals surface area (Å²) in [5.41, 5.74) is 0.440. The summed E-state index contributed by atoms with van der Waals surface area (Å²) in [5.74, 6) is -1.25. The van der Waals surface area contributed by atoms with Crippen molar-refractivity contribution >= 4 is 38.4 Å². The fraction of sp³-hybridized carbons (Fsp3) is 0.200. The van der Waals surface area contributed by atoms with Gasteiger partial charge in [0, 0.05) is 12.4 Å². The average molecular weight is 334 g/mol. The Balaban J connectivity index is 1.92. The number of nitrogens with zero attached hydrogens (tertiary/aromatic N) is 1. The molecule has 0 saturated carbocycles. The van der Waals surface area contributed by atoms with Gasteiger partial charge in [0.2, 0.25) is 0 Å². The van der Waals surface area contributed by atoms with Crippen molar-refractivity contribution in [3.63, 3.8) is 0 Å². The first-order chi connectivity index (χ1) is 10.9. The van der Waals surface area contributed by atoms with Gasteiger partial charge in [-0.15, -0.1) is 0 Å². The molecule has 0 fully saturated rings. The number of benzene rings is 2. The van der Waals surface area contributed by atoms with Crippen LogP contribution in [-0.4, -0.2) is 40.5 Å². The van der Waals surface area contributed by atoms with Crippen LogP contribution < -0.4 is 9.62 Å². The van der Waals surface area contributed by atoms with Crippen molar-refractivity contribution in [1.29, 1.82) is 0 Å². The molecule has 3 rings (SSSR count). The van der Waals surface area contributed by atoms with Gasteiger partial charge in [-0.05, 0) is 17.5 Å². The Labute approximate surface area is 132 Å². The van der Waals surface area contributed by atoms with Gasteiger partial charge in [-0.25, -0.2) is 8.42 Å². The number of ether oxygens (including phenoxy) is 1. The van der Waals surface area contributed by atoms with Crippen LogP contribution in [0.25, 0.3) is 10.8 Å². The lowest BCUT2D eigenvalue weighted by molar-refractivity contribution is -0.146. The highest BCUT2D eigenvalue weighted by molar-refractivity contribution is 7.93. The van der Waals surface area contributed by atoms with Crippen molar-refractivity contribution in [3.05, 3.63) is 36.4 Å². The Kier molecular flexibility index (Phi) is 3.69. The Bertz CT molecular complexity index is 902. The number of hydrogen-bond acceptors (Lipinski definition) is 5. The molecule has 0 aliphatic carbocycles. The lowest BCUT2D eigenvalue weighted by Gasteiger charge is -2.17. The molecule has 1 aliphatic rings. The number of carbonyl (C=O) groups excluding carboxylic acids is 2. The van der Waals surface area contributed by atoms with E-state index in [2.05, 4.69) is 5.32 Å². The first-order valence-corrected chi connectivity index (χ1v) is 8.30. The number of rotatable bonds is 4. The number of hydrogen-bond donors (Lipinski definition) is 1. The highest BCUT2D eigenvalue weighted by Gasteiger charge is 2.36. The number of carbonyl (C=O) groups is 2. The van der Waals surface area contributed by atoms with E-state index in [9.17, 15) is 18.0 Å². The van der Waals surface area contributed by atoms with Crippen molar-refractivity contribution in [2.75, 3.05) is 24.5 Å². The summed E-state index contributed by atoms with van der Waals surface area (Å²) in [4.78, 5) is 23.1. The molecule has 1 aliphatic heterocycles. The van der Waals surface area contributed by atoms with Gasteiger partial charge in [-0.2, -0.15) is 0 Å². The molecule has 120 valence electrons. The molecular weight excluding hydrogens is 320 g/mol. The van der Waals surface area contributed by atoms with Crippen molar-refractivity contribution < 1.29 is 22.7 Å². The molecule has 2 aromatic carbocycles. The normalized spacial score (nSPS) is 14.7. The molecule has 1 heterocycles. The van der Waals surface area contributed by atoms with Gasteiger partial charge in [0.15, 0.2) is 6.61 Å². The molecule has 2 aromatic rings. The maximum Gasteiger partial charge on any atom is 0.327 e. The highest BCUT2D eigenvalue weighted by Crippen LogP contribution is 2.41. The quantitative estimate of drug-likeness (QED) is 0.828. The Morgan fingerprint density at radius 1 is 1.17 bits per heavy atom. The highest BCUT2D eigenvalue weighted by atomic mass is 32.2. The average Bonchev–Trinajstić information content (AvgIpc) is 2.76. The van der Waals surface area contributed by atoms with Crippen molar-refractivity contribution in [3.8, 4) is 0 Å². The van der Waals surface area contributed by atoms with Gasteiger partial charge in [-0.1, -0.05) is 24.3 Å². The predicted molar refractivity (Wildman–Crippen MR) is 83.5 cm³/mol. The van der Waals surface area contributed by atoms with E-state index < -0.39 is 35.1 Å². The predicted octanol–water partition coefficient (Wildman–Crippen LogP) is 0.638. The van der Waals surface area contributed by atoms with Crippen LogP contribution in [0.5, 0.6) is 0 Å². The third kappa shape index (κ3) is 2.50. The molecule has 1 N–H and O–H groups in total. The van der Waals surface area contributed by atoms with E-state index in [4.69, 9.17) is 4.74 Å². The Morgan fingerprint density at radius 2 is 1.87 bits per heavy atom. The molecule has 0 bridgehead atoms. The van der Waals surface area contributed by atoms with Gasteiger partial charge >= 0.3 is 5.97 Å². The van der Waals surface area contributed by atoms with Crippen LogP contribution in [0.3, 0.4) is 0 Å². The van der Waals surface area contributed by atoms with E-state index >= 15 is 0 Å². The van der Waals surface area contributed by atoms with Crippen molar-refractivity contribution in [2.45, 2.75) is 4.90 Å². The molecular formula is C15H14N2O5S. The van der Waals surface area contributed by atoms with Gasteiger partial charge in [-0.3, -0.25) is 13.9 Å². The summed E-state index contributed by atoms with van der Waals surface area (Å²) in [7, 11) is -2.39. The van der Waals surface area contributed by atoms with Crippen molar-refractivity contribution in [2.24, 2.45) is 0 Å². The van der Waals surface area contributed by atoms with E-state index in [0.717, 1.165) is 9.69 Å². The summed E-state index contributed by atoms with van der Waals surface area (Å²) >= 11 is 0. The number of amides is 1. The van der Waals surface area contributed by atoms with Crippen LogP contribution in [0, 0.1) is 0 Å². The van der Waals surface area contributed by atoms with Crippen LogP contribution in [-0.2, 0) is 24.3 Å². The molecule has 0 spiro atoms. The smallest absolute Gasteiger partial charge is 0.327 e. The van der Waals surface area contributed by atoms with E-state index in [-0.39, 0.29) is 4.90 Å². The summed E-state index contributed by atoms with van der Waals surface area (Å²) in [6, 6.07) is 10.2. The van der Waals surface area contributed by atoms with Gasteiger partial charge in [0.05, 0.1) is 10.6 Å². The van der Waals surface area contributed by atoms with E-state index in [1.165, 1.54) is 13.1 Å². The maximum atomic E-state index is 12.6. The lowest BCUT2D eigenvalue weighted by Crippen LogP contribution is -2.35. The zero-order valence-corrected chi connectivity index (χ0v) is 13.1. The summed E-state index contributed by atoms with van der Waals surface area (Å²) < 4.78 is 31.1. The third-order valence-electron chi connectivity index (χ3n) is 3.60. The minimum Gasteiger partial charge on any atom is -0.454 e. The molecule has 0 radical (unpaired) electrons. The second-order valence-electron chi connectivity index (χ2n) is 4.98. The Morgan fingerprint density at radius 3 is 2.57 bits per heavy atom. The first-order valence-electron chi connectivity index (χ1n) is 6.86. The van der Waals surface area contributed by atoms with Gasteiger partial charge in [0.1, 0.15) is 6.54 Å². The number of likely N-dealkylation sites (N-methyl/N-ethyl adjacent to an activating group) is 1. The fourth-order valence-corrected chi connectivity index (χ4v) is 4.16. The van der Waals surface area contributed by atoms with Crippen LogP contribution in [0.2, 0.25) is 0 Å². The largest absolute Gasteiger partial charge is 0.454 e. The minimum absolute atomic E-state index is 0.171. The van der Waals surface area contributed by atoms with Crippen LogP contribution >= 0.6 is 0 Å². The van der Waals surface area contributed by atoms with Crippen LogP contribution in [0.4, 0.5) is 5.69 Å². The topological polar surface area (TPSA) is 92.8 Å². The maximum absolute atomic E-state index is 12.6. The summed E-state index contributed by atoms with van der Waals surface area (Å²) in [6.45, 7) is -0.923. The number of sulfonamides is 1. The molecule has 8 heteroatoms. The molecule has 23 heavy (non-hydrogen) atoms. The standard InChI is InChI=1S/C15H14N2O5S/c1-16-13(18)9-22-14(19)8-17-11-6-2-4-10-5-3-7-12(15(10)11)23(17,20)21/h2-7H,8-9H2,1H3,(H,16,18). The molecule has 0 atom stereocenters. The fourth-order valence-electron chi connectivity index (χ4n) is 2.51. The first kappa shape index (κ1) is 15.3. The van der Waals surface area contributed by atoms with Crippen molar-refractivity contribution in [1.82, 2.24) is 5.32 Å². The molecule has 0 unspecified atom stereocenters. The second kappa shape index (κ2) is 5.54. The zero-order chi connectivity index (χ0) is 16.6.